The first kappa shape index (κ1) is 38.9. The molecule has 4 heterocycles. The van der Waals surface area contributed by atoms with Gasteiger partial charge in [-0.25, -0.2) is 0 Å². The van der Waals surface area contributed by atoms with Crippen molar-refractivity contribution in [1.82, 2.24) is 4.57 Å². The van der Waals surface area contributed by atoms with Crippen molar-refractivity contribution in [3.63, 3.8) is 0 Å². The Kier molecular flexibility index (Phi) is 7.55. The molecule has 16 rings (SSSR count). The van der Waals surface area contributed by atoms with Crippen molar-refractivity contribution in [3.05, 3.63) is 224 Å². The minimum Gasteiger partial charge on any atom is -0.310 e. The third-order valence-electron chi connectivity index (χ3n) is 16.2. The number of rotatable bonds is 3. The van der Waals surface area contributed by atoms with Gasteiger partial charge in [0.25, 0.3) is 6.71 Å². The summed E-state index contributed by atoms with van der Waals surface area (Å²) in [6, 6.07) is 84.2. The SMILES string of the molecule is CC(C)(C)c1ccc2c3c4ccc5cccc6ccc(c7c3n(c2c1)-c1cc(-c2cccc3ccccc23)cc2c1B7c1cccc3c1N2c1ccccc1S3(c1ccccc1)c1ccccc1)c4c65. The minimum absolute atomic E-state index is 0.0433. The maximum absolute atomic E-state index is 2.71. The molecular weight excluding hydrogens is 864 g/mol. The molecule has 12 aromatic carbocycles. The van der Waals surface area contributed by atoms with Crippen LogP contribution < -0.4 is 21.3 Å². The number of fused-ring (bicyclic) bond motifs is 12. The third kappa shape index (κ3) is 4.77. The smallest absolute Gasteiger partial charge is 0.253 e. The lowest BCUT2D eigenvalue weighted by Crippen LogP contribution is -2.61. The van der Waals surface area contributed by atoms with Gasteiger partial charge in [-0.2, -0.15) is 0 Å². The van der Waals surface area contributed by atoms with Gasteiger partial charge in [-0.05, 0) is 142 Å². The Morgan fingerprint density at radius 2 is 1.06 bits per heavy atom. The molecule has 0 atom stereocenters. The van der Waals surface area contributed by atoms with Crippen LogP contribution in [0.1, 0.15) is 26.3 Å². The fourth-order valence-corrected chi connectivity index (χ4v) is 17.6. The molecule has 0 amide bonds. The Hall–Kier alpha value is -8.05. The fourth-order valence-electron chi connectivity index (χ4n) is 13.4. The summed E-state index contributed by atoms with van der Waals surface area (Å²) in [6.45, 7) is 6.99. The first-order chi connectivity index (χ1) is 34.4. The summed E-state index contributed by atoms with van der Waals surface area (Å²) in [6.07, 6.45) is 0. The molecule has 0 saturated heterocycles. The van der Waals surface area contributed by atoms with Crippen molar-refractivity contribution in [2.75, 3.05) is 4.90 Å². The van der Waals surface area contributed by atoms with Crippen LogP contribution in [0.4, 0.5) is 17.1 Å². The maximum Gasteiger partial charge on any atom is 0.253 e. The van der Waals surface area contributed by atoms with Gasteiger partial charge in [0.2, 0.25) is 0 Å². The van der Waals surface area contributed by atoms with E-state index in [0.717, 1.165) is 0 Å². The maximum atomic E-state index is 2.71. The summed E-state index contributed by atoms with van der Waals surface area (Å²) in [7, 11) is -2.00. The molecule has 3 aliphatic heterocycles. The number of para-hydroxylation sites is 2. The van der Waals surface area contributed by atoms with Gasteiger partial charge in [-0.3, -0.25) is 0 Å². The van der Waals surface area contributed by atoms with Gasteiger partial charge < -0.3 is 9.47 Å². The van der Waals surface area contributed by atoms with Gasteiger partial charge in [0.1, 0.15) is 0 Å². The average Bonchev–Trinajstić information content (AvgIpc) is 3.76. The zero-order valence-electron chi connectivity index (χ0n) is 39.2. The lowest BCUT2D eigenvalue weighted by atomic mass is 9.33. The predicted octanol–water partition coefficient (Wildman–Crippen LogP) is 16.1. The van der Waals surface area contributed by atoms with Crippen molar-refractivity contribution in [3.8, 4) is 16.8 Å². The lowest BCUT2D eigenvalue weighted by Gasteiger charge is -2.53. The quantitative estimate of drug-likeness (QED) is 0.127. The first-order valence-corrected chi connectivity index (χ1v) is 26.3. The van der Waals surface area contributed by atoms with Crippen LogP contribution in [-0.4, -0.2) is 11.3 Å². The van der Waals surface area contributed by atoms with Crippen LogP contribution in [0.3, 0.4) is 0 Å². The zero-order valence-corrected chi connectivity index (χ0v) is 40.0. The van der Waals surface area contributed by atoms with E-state index in [1.807, 2.05) is 0 Å². The number of aromatic nitrogens is 1. The number of anilines is 3. The largest absolute Gasteiger partial charge is 0.310 e. The molecule has 0 saturated carbocycles. The molecule has 0 spiro atoms. The van der Waals surface area contributed by atoms with Crippen molar-refractivity contribution < 1.29 is 0 Å². The Bertz CT molecular complexity index is 4350. The van der Waals surface area contributed by atoms with E-state index in [4.69, 9.17) is 0 Å². The normalized spacial score (nSPS) is 14.7. The molecular formula is C66H45BN2S. The Morgan fingerprint density at radius 3 is 1.84 bits per heavy atom. The highest BCUT2D eigenvalue weighted by molar-refractivity contribution is 8.34. The zero-order chi connectivity index (χ0) is 46.2. The summed E-state index contributed by atoms with van der Waals surface area (Å²) in [5.74, 6) is 0. The van der Waals surface area contributed by atoms with E-state index in [-0.39, 0.29) is 12.1 Å². The van der Waals surface area contributed by atoms with E-state index in [0.29, 0.717) is 0 Å². The number of hydrogen-bond acceptors (Lipinski definition) is 1. The Labute approximate surface area is 408 Å². The number of benzene rings is 12. The second-order valence-corrected chi connectivity index (χ2v) is 23.8. The van der Waals surface area contributed by atoms with E-state index in [9.17, 15) is 0 Å². The lowest BCUT2D eigenvalue weighted by molar-refractivity contribution is 0.591. The van der Waals surface area contributed by atoms with Crippen LogP contribution in [0.2, 0.25) is 0 Å². The van der Waals surface area contributed by atoms with E-state index < -0.39 is 10.0 Å². The minimum atomic E-state index is -2.00. The van der Waals surface area contributed by atoms with E-state index >= 15 is 0 Å². The highest BCUT2D eigenvalue weighted by Crippen LogP contribution is 2.79. The second kappa shape index (κ2) is 13.6. The van der Waals surface area contributed by atoms with Gasteiger partial charge in [0.05, 0.1) is 22.4 Å². The van der Waals surface area contributed by atoms with Crippen molar-refractivity contribution in [2.45, 2.75) is 45.8 Å². The summed E-state index contributed by atoms with van der Waals surface area (Å²) in [5.41, 5.74) is 15.6. The molecule has 3 aliphatic rings. The molecule has 0 fully saturated rings. The second-order valence-electron chi connectivity index (χ2n) is 20.8. The Balaban J connectivity index is 1.15. The summed E-state index contributed by atoms with van der Waals surface area (Å²) in [5, 5.41) is 13.2. The van der Waals surface area contributed by atoms with Crippen LogP contribution in [0, 0.1) is 0 Å². The summed E-state index contributed by atoms with van der Waals surface area (Å²) < 4.78 is 2.71. The van der Waals surface area contributed by atoms with Crippen LogP contribution in [0.15, 0.2) is 238 Å². The van der Waals surface area contributed by atoms with Crippen LogP contribution in [0.25, 0.3) is 81.7 Å². The van der Waals surface area contributed by atoms with Crippen LogP contribution in [0.5, 0.6) is 0 Å². The van der Waals surface area contributed by atoms with Crippen molar-refractivity contribution in [1.29, 1.82) is 0 Å². The van der Waals surface area contributed by atoms with Gasteiger partial charge in [0.15, 0.2) is 0 Å². The molecule has 70 heavy (non-hydrogen) atoms. The molecule has 2 nitrogen and oxygen atoms in total. The van der Waals surface area contributed by atoms with Gasteiger partial charge in [0, 0.05) is 41.7 Å². The summed E-state index contributed by atoms with van der Waals surface area (Å²) >= 11 is 0. The van der Waals surface area contributed by atoms with Gasteiger partial charge in [-0.15, -0.1) is 10.0 Å². The van der Waals surface area contributed by atoms with E-state index in [1.54, 1.807) is 0 Å². The fraction of sp³-hybridized carbons (Fsp3) is 0.0606. The van der Waals surface area contributed by atoms with Crippen LogP contribution in [-0.2, 0) is 5.41 Å². The molecule has 4 heteroatoms. The van der Waals surface area contributed by atoms with Gasteiger partial charge >= 0.3 is 0 Å². The Morgan fingerprint density at radius 1 is 0.429 bits per heavy atom. The standard InChI is InChI=1S/C66H45BN2S/c1-66(2,3)44-33-36-49-54(39-44)69-56-38-43(48-26-15-18-40-17-10-11-25-47(40)48)37-55-63(56)67(62-51-35-32-42-20-14-19-41-31-34-50(60(51)59(41)42)61(49)65(62)69)52-27-16-30-58-64(52)68(55)53-28-12-13-29-57(53)70(58,45-21-6-4-7-22-45)46-23-8-5-9-24-46/h4-39H,1-3H3. The summed E-state index contributed by atoms with van der Waals surface area (Å²) in [4.78, 5) is 8.15. The molecule has 0 bridgehead atoms. The van der Waals surface area contributed by atoms with Crippen molar-refractivity contribution in [2.24, 2.45) is 0 Å². The topological polar surface area (TPSA) is 8.17 Å². The average molecular weight is 909 g/mol. The highest BCUT2D eigenvalue weighted by Gasteiger charge is 2.50. The molecule has 0 aliphatic carbocycles. The van der Waals surface area contributed by atoms with E-state index in [1.165, 1.54) is 140 Å². The molecule has 0 N–H and O–H groups in total. The van der Waals surface area contributed by atoms with Crippen LogP contribution >= 0.6 is 10.0 Å². The first-order valence-electron chi connectivity index (χ1n) is 24.7. The van der Waals surface area contributed by atoms with Gasteiger partial charge in [-0.1, -0.05) is 178 Å². The van der Waals surface area contributed by atoms with Crippen molar-refractivity contribution >= 4 is 115 Å². The molecule has 1 aromatic heterocycles. The predicted molar refractivity (Wildman–Crippen MR) is 299 cm³/mol. The highest BCUT2D eigenvalue weighted by atomic mass is 32.3. The van der Waals surface area contributed by atoms with E-state index in [2.05, 4.69) is 249 Å². The molecule has 0 unspecified atom stereocenters. The molecule has 328 valence electrons. The number of hydrogen-bond donors (Lipinski definition) is 0. The monoisotopic (exact) mass is 908 g/mol. The molecule has 0 radical (unpaired) electrons. The third-order valence-corrected chi connectivity index (χ3v) is 20.2. The number of nitrogens with zero attached hydrogens (tertiary/aromatic N) is 2. The molecule has 13 aromatic rings.